The highest BCUT2D eigenvalue weighted by Crippen LogP contribution is 2.25. The molecule has 0 heterocycles. The number of hydrogen-bond acceptors (Lipinski definition) is 3. The van der Waals surface area contributed by atoms with Gasteiger partial charge in [-0.1, -0.05) is 17.7 Å². The molecule has 2 aromatic rings. The second-order valence-corrected chi connectivity index (χ2v) is 5.02. The van der Waals surface area contributed by atoms with Gasteiger partial charge < -0.3 is 0 Å². The Morgan fingerprint density at radius 3 is 2.50 bits per heavy atom. The molecule has 0 atom stereocenters. The van der Waals surface area contributed by atoms with Crippen LogP contribution in [-0.4, -0.2) is 5.12 Å². The van der Waals surface area contributed by atoms with Crippen LogP contribution in [0.5, 0.6) is 0 Å². The summed E-state index contributed by atoms with van der Waals surface area (Å²) in [7, 11) is 0. The predicted molar refractivity (Wildman–Crippen MR) is 72.8 cm³/mol. The number of thioether (sulfide) groups is 1. The van der Waals surface area contributed by atoms with Crippen LogP contribution in [0, 0.1) is 11.3 Å². The normalized spacial score (nSPS) is 9.78. The Kier molecular flexibility index (Phi) is 4.03. The minimum atomic E-state index is -0.0678. The lowest BCUT2D eigenvalue weighted by Crippen LogP contribution is -1.93. The van der Waals surface area contributed by atoms with Crippen LogP contribution in [0.1, 0.15) is 15.9 Å². The van der Waals surface area contributed by atoms with Crippen molar-refractivity contribution in [3.63, 3.8) is 0 Å². The minimum Gasteiger partial charge on any atom is -0.281 e. The number of halogens is 1. The zero-order valence-electron chi connectivity index (χ0n) is 9.26. The van der Waals surface area contributed by atoms with Gasteiger partial charge in [0.05, 0.1) is 11.6 Å². The fourth-order valence-electron chi connectivity index (χ4n) is 1.38. The van der Waals surface area contributed by atoms with Gasteiger partial charge >= 0.3 is 0 Å². The number of rotatable bonds is 2. The standard InChI is InChI=1S/C14H8ClNOS/c15-12-2-1-3-13(8-12)18-14(17)11-6-4-10(9-16)5-7-11/h1-8H. The molecule has 4 heteroatoms. The lowest BCUT2D eigenvalue weighted by molar-refractivity contribution is 0.108. The Hall–Kier alpha value is -1.76. The van der Waals surface area contributed by atoms with Gasteiger partial charge in [0, 0.05) is 15.5 Å². The molecular weight excluding hydrogens is 266 g/mol. The molecule has 2 aromatic carbocycles. The van der Waals surface area contributed by atoms with Crippen molar-refractivity contribution < 1.29 is 4.79 Å². The minimum absolute atomic E-state index is 0.0678. The topological polar surface area (TPSA) is 40.9 Å². The number of nitrogens with zero attached hydrogens (tertiary/aromatic N) is 1. The molecule has 0 fully saturated rings. The third kappa shape index (κ3) is 3.13. The maximum atomic E-state index is 12.0. The second kappa shape index (κ2) is 5.72. The third-order valence-corrected chi connectivity index (χ3v) is 3.40. The summed E-state index contributed by atoms with van der Waals surface area (Å²) in [6.07, 6.45) is 0. The fourth-order valence-corrected chi connectivity index (χ4v) is 2.43. The van der Waals surface area contributed by atoms with Gasteiger partial charge in [-0.15, -0.1) is 0 Å². The molecular formula is C14H8ClNOS. The van der Waals surface area contributed by atoms with Gasteiger partial charge in [-0.25, -0.2) is 0 Å². The van der Waals surface area contributed by atoms with E-state index in [1.54, 1.807) is 42.5 Å². The zero-order valence-corrected chi connectivity index (χ0v) is 10.8. The molecule has 88 valence electrons. The van der Waals surface area contributed by atoms with E-state index in [0.717, 1.165) is 16.7 Å². The molecule has 0 saturated heterocycles. The van der Waals surface area contributed by atoms with Crippen molar-refractivity contribution in [2.75, 3.05) is 0 Å². The smallest absolute Gasteiger partial charge is 0.224 e. The average molecular weight is 274 g/mol. The molecule has 0 aliphatic rings. The summed E-state index contributed by atoms with van der Waals surface area (Å²) < 4.78 is 0. The lowest BCUT2D eigenvalue weighted by Gasteiger charge is -2.01. The summed E-state index contributed by atoms with van der Waals surface area (Å²) in [5, 5.41) is 9.21. The Morgan fingerprint density at radius 2 is 1.89 bits per heavy atom. The van der Waals surface area contributed by atoms with Crippen molar-refractivity contribution in [3.8, 4) is 6.07 Å². The summed E-state index contributed by atoms with van der Waals surface area (Å²) in [5.74, 6) is 0. The van der Waals surface area contributed by atoms with Crippen LogP contribution in [-0.2, 0) is 0 Å². The molecule has 0 amide bonds. The quantitative estimate of drug-likeness (QED) is 0.772. The van der Waals surface area contributed by atoms with Crippen LogP contribution in [0.4, 0.5) is 0 Å². The Balaban J connectivity index is 2.14. The maximum Gasteiger partial charge on any atom is 0.224 e. The van der Waals surface area contributed by atoms with Crippen molar-refractivity contribution >= 4 is 28.5 Å². The van der Waals surface area contributed by atoms with Crippen molar-refractivity contribution in [3.05, 3.63) is 64.7 Å². The molecule has 0 aromatic heterocycles. The van der Waals surface area contributed by atoms with Gasteiger partial charge in [0.15, 0.2) is 0 Å². The SMILES string of the molecule is N#Cc1ccc(C(=O)Sc2cccc(Cl)c2)cc1. The van der Waals surface area contributed by atoms with Gasteiger partial charge in [-0.2, -0.15) is 5.26 Å². The Morgan fingerprint density at radius 1 is 1.17 bits per heavy atom. The molecule has 0 saturated carbocycles. The first-order valence-electron chi connectivity index (χ1n) is 5.17. The van der Waals surface area contributed by atoms with E-state index < -0.39 is 0 Å². The van der Waals surface area contributed by atoms with Crippen LogP contribution in [0.3, 0.4) is 0 Å². The highest BCUT2D eigenvalue weighted by molar-refractivity contribution is 8.14. The van der Waals surface area contributed by atoms with Gasteiger partial charge in [0.1, 0.15) is 0 Å². The number of carbonyl (C=O) groups is 1. The van der Waals surface area contributed by atoms with Crippen LogP contribution >= 0.6 is 23.4 Å². The van der Waals surface area contributed by atoms with E-state index >= 15 is 0 Å². The van der Waals surface area contributed by atoms with Crippen molar-refractivity contribution in [1.82, 2.24) is 0 Å². The molecule has 0 aliphatic carbocycles. The van der Waals surface area contributed by atoms with Crippen molar-refractivity contribution in [1.29, 1.82) is 5.26 Å². The van der Waals surface area contributed by atoms with E-state index in [2.05, 4.69) is 0 Å². The predicted octanol–water partition coefficient (Wildman–Crippen LogP) is 4.14. The van der Waals surface area contributed by atoms with Crippen LogP contribution in [0.15, 0.2) is 53.4 Å². The number of nitriles is 1. The zero-order chi connectivity index (χ0) is 13.0. The first-order valence-corrected chi connectivity index (χ1v) is 6.36. The molecule has 18 heavy (non-hydrogen) atoms. The molecule has 2 nitrogen and oxygen atoms in total. The van der Waals surface area contributed by atoms with E-state index in [1.807, 2.05) is 12.1 Å². The van der Waals surface area contributed by atoms with E-state index in [9.17, 15) is 4.79 Å². The first kappa shape index (κ1) is 12.7. The molecule has 0 unspecified atom stereocenters. The van der Waals surface area contributed by atoms with Crippen molar-refractivity contribution in [2.24, 2.45) is 0 Å². The van der Waals surface area contributed by atoms with Gasteiger partial charge in [-0.3, -0.25) is 4.79 Å². The van der Waals surface area contributed by atoms with Gasteiger partial charge in [0.25, 0.3) is 0 Å². The molecule has 0 radical (unpaired) electrons. The third-order valence-electron chi connectivity index (χ3n) is 2.26. The van der Waals surface area contributed by atoms with E-state index in [4.69, 9.17) is 16.9 Å². The number of carbonyl (C=O) groups excluding carboxylic acids is 1. The molecule has 2 rings (SSSR count). The van der Waals surface area contributed by atoms with Crippen LogP contribution in [0.25, 0.3) is 0 Å². The van der Waals surface area contributed by atoms with Crippen LogP contribution < -0.4 is 0 Å². The molecule has 0 N–H and O–H groups in total. The van der Waals surface area contributed by atoms with Gasteiger partial charge in [-0.05, 0) is 54.2 Å². The number of hydrogen-bond donors (Lipinski definition) is 0. The van der Waals surface area contributed by atoms with Crippen molar-refractivity contribution in [2.45, 2.75) is 4.90 Å². The Bertz CT molecular complexity index is 616. The fraction of sp³-hybridized carbons (Fsp3) is 0. The van der Waals surface area contributed by atoms with Gasteiger partial charge in [0.2, 0.25) is 5.12 Å². The second-order valence-electron chi connectivity index (χ2n) is 3.54. The largest absolute Gasteiger partial charge is 0.281 e. The van der Waals surface area contributed by atoms with E-state index in [0.29, 0.717) is 16.1 Å². The highest BCUT2D eigenvalue weighted by Gasteiger charge is 2.08. The monoisotopic (exact) mass is 273 g/mol. The Labute approximate surface area is 114 Å². The van der Waals surface area contributed by atoms with E-state index in [-0.39, 0.29) is 5.12 Å². The summed E-state index contributed by atoms with van der Waals surface area (Å²) in [5.41, 5.74) is 1.11. The molecule has 0 aliphatic heterocycles. The average Bonchev–Trinajstić information content (AvgIpc) is 2.39. The summed E-state index contributed by atoms with van der Waals surface area (Å²) in [6.45, 7) is 0. The summed E-state index contributed by atoms with van der Waals surface area (Å²) >= 11 is 6.97. The molecule has 0 spiro atoms. The maximum absolute atomic E-state index is 12.0. The first-order chi connectivity index (χ1) is 8.69. The summed E-state index contributed by atoms with van der Waals surface area (Å²) in [4.78, 5) is 12.8. The number of benzene rings is 2. The van der Waals surface area contributed by atoms with E-state index in [1.165, 1.54) is 0 Å². The molecule has 0 bridgehead atoms. The summed E-state index contributed by atoms with van der Waals surface area (Å²) in [6, 6.07) is 15.7. The van der Waals surface area contributed by atoms with Crippen LogP contribution in [0.2, 0.25) is 5.02 Å². The lowest BCUT2D eigenvalue weighted by atomic mass is 10.2. The highest BCUT2D eigenvalue weighted by atomic mass is 35.5.